The second-order valence-corrected chi connectivity index (χ2v) is 6.10. The van der Waals surface area contributed by atoms with E-state index in [0.29, 0.717) is 11.3 Å². The number of ether oxygens (including phenoxy) is 1. The number of nitrogens with two attached hydrogens (primary N) is 1. The van der Waals surface area contributed by atoms with Gasteiger partial charge in [-0.1, -0.05) is 36.4 Å². The van der Waals surface area contributed by atoms with Crippen LogP contribution in [0.25, 0.3) is 16.8 Å². The molecule has 140 valence electrons. The van der Waals surface area contributed by atoms with Gasteiger partial charge in [-0.3, -0.25) is 4.79 Å². The highest BCUT2D eigenvalue weighted by Gasteiger charge is 2.21. The number of nitrogen functional groups attached to an aromatic ring is 1. The van der Waals surface area contributed by atoms with Crippen molar-refractivity contribution >= 4 is 17.6 Å². The van der Waals surface area contributed by atoms with Gasteiger partial charge >= 0.3 is 11.9 Å². The van der Waals surface area contributed by atoms with Crippen molar-refractivity contribution in [2.75, 3.05) is 12.8 Å². The molecule has 0 fully saturated rings. The maximum Gasteiger partial charge on any atom is 0.357 e. The molecule has 0 spiro atoms. The molecule has 0 aliphatic rings. The summed E-state index contributed by atoms with van der Waals surface area (Å²) in [4.78, 5) is 23.0. The van der Waals surface area contributed by atoms with Crippen LogP contribution in [0, 0.1) is 11.3 Å². The summed E-state index contributed by atoms with van der Waals surface area (Å²) < 4.78 is 6.33. The van der Waals surface area contributed by atoms with Gasteiger partial charge in [-0.05, 0) is 28.8 Å². The lowest BCUT2D eigenvalue weighted by Gasteiger charge is -2.11. The third kappa shape index (κ3) is 3.57. The number of hydrogen-bond acceptors (Lipinski definition) is 5. The van der Waals surface area contributed by atoms with Gasteiger partial charge in [0.05, 0.1) is 24.8 Å². The molecule has 2 aromatic carbocycles. The Hall–Kier alpha value is -4.05. The highest BCUT2D eigenvalue weighted by molar-refractivity contribution is 5.96. The number of aliphatic carboxylic acids is 1. The van der Waals surface area contributed by atoms with Gasteiger partial charge < -0.3 is 20.1 Å². The molecule has 3 N–H and O–H groups in total. The van der Waals surface area contributed by atoms with E-state index in [0.717, 1.165) is 11.1 Å². The van der Waals surface area contributed by atoms with Crippen molar-refractivity contribution in [3.63, 3.8) is 0 Å². The number of hydrogen-bond donors (Lipinski definition) is 2. The molecule has 0 atom stereocenters. The molecular formula is C21H17N3O4. The van der Waals surface area contributed by atoms with Crippen LogP contribution in [0.3, 0.4) is 0 Å². The number of carboxylic acid groups (broad SMARTS) is 1. The van der Waals surface area contributed by atoms with E-state index in [1.165, 1.54) is 17.9 Å². The SMILES string of the molecule is COC(=O)c1c(N)c(C#N)cn1-c1cccc(-c2ccc(CC(=O)O)cc2)c1. The fourth-order valence-electron chi connectivity index (χ4n) is 2.94. The molecule has 0 saturated carbocycles. The number of methoxy groups -OCH3 is 1. The standard InChI is InChI=1S/C21H17N3O4/c1-28-21(27)20-19(23)16(11-22)12-24(20)17-4-2-3-15(10-17)14-7-5-13(6-8-14)9-18(25)26/h2-8,10,12H,9,23H2,1H3,(H,25,26). The summed E-state index contributed by atoms with van der Waals surface area (Å²) in [5.74, 6) is -1.52. The molecule has 3 aromatic rings. The number of anilines is 1. The van der Waals surface area contributed by atoms with Crippen LogP contribution in [0.2, 0.25) is 0 Å². The number of carboxylic acids is 1. The topological polar surface area (TPSA) is 118 Å². The quantitative estimate of drug-likeness (QED) is 0.662. The second kappa shape index (κ2) is 7.68. The molecule has 0 aliphatic carbocycles. The Balaban J connectivity index is 2.04. The molecule has 0 radical (unpaired) electrons. The van der Waals surface area contributed by atoms with Crippen molar-refractivity contribution in [3.8, 4) is 22.9 Å². The maximum absolute atomic E-state index is 12.2. The molecule has 7 heteroatoms. The van der Waals surface area contributed by atoms with Crippen LogP contribution < -0.4 is 5.73 Å². The third-order valence-corrected chi connectivity index (χ3v) is 4.31. The first kappa shape index (κ1) is 18.7. The molecule has 0 saturated heterocycles. The van der Waals surface area contributed by atoms with Crippen LogP contribution in [-0.4, -0.2) is 28.7 Å². The minimum atomic E-state index is -0.886. The lowest BCUT2D eigenvalue weighted by molar-refractivity contribution is -0.136. The highest BCUT2D eigenvalue weighted by atomic mass is 16.5. The van der Waals surface area contributed by atoms with Gasteiger partial charge in [-0.25, -0.2) is 4.79 Å². The van der Waals surface area contributed by atoms with Crippen molar-refractivity contribution in [3.05, 3.63) is 71.5 Å². The third-order valence-electron chi connectivity index (χ3n) is 4.31. The van der Waals surface area contributed by atoms with E-state index in [1.807, 2.05) is 36.4 Å². The van der Waals surface area contributed by atoms with Crippen molar-refractivity contribution in [1.82, 2.24) is 4.57 Å². The molecule has 0 unspecified atom stereocenters. The summed E-state index contributed by atoms with van der Waals surface area (Å²) >= 11 is 0. The summed E-state index contributed by atoms with van der Waals surface area (Å²) in [6.45, 7) is 0. The molecule has 0 amide bonds. The lowest BCUT2D eigenvalue weighted by atomic mass is 10.0. The zero-order chi connectivity index (χ0) is 20.3. The number of esters is 1. The molecular weight excluding hydrogens is 358 g/mol. The average molecular weight is 375 g/mol. The van der Waals surface area contributed by atoms with Gasteiger partial charge in [-0.2, -0.15) is 5.26 Å². The van der Waals surface area contributed by atoms with E-state index in [4.69, 9.17) is 15.6 Å². The van der Waals surface area contributed by atoms with Gasteiger partial charge in [0.25, 0.3) is 0 Å². The van der Waals surface area contributed by atoms with Crippen LogP contribution in [0.1, 0.15) is 21.6 Å². The van der Waals surface area contributed by atoms with Crippen molar-refractivity contribution < 1.29 is 19.4 Å². The number of carbonyl (C=O) groups excluding carboxylic acids is 1. The Morgan fingerprint density at radius 3 is 2.50 bits per heavy atom. The van der Waals surface area contributed by atoms with Gasteiger partial charge in [0, 0.05) is 11.9 Å². The van der Waals surface area contributed by atoms with Crippen molar-refractivity contribution in [2.24, 2.45) is 0 Å². The summed E-state index contributed by atoms with van der Waals surface area (Å²) in [5.41, 5.74) is 9.38. The lowest BCUT2D eigenvalue weighted by Crippen LogP contribution is -2.11. The van der Waals surface area contributed by atoms with Gasteiger partial charge in [0.15, 0.2) is 5.69 Å². The smallest absolute Gasteiger partial charge is 0.357 e. The summed E-state index contributed by atoms with van der Waals surface area (Å²) in [6.07, 6.45) is 1.46. The van der Waals surface area contributed by atoms with Crippen LogP contribution in [-0.2, 0) is 16.0 Å². The predicted octanol–water partition coefficient (Wildman–Crippen LogP) is 3.01. The van der Waals surface area contributed by atoms with Crippen LogP contribution in [0.4, 0.5) is 5.69 Å². The Labute approximate surface area is 161 Å². The molecule has 1 aromatic heterocycles. The number of carbonyl (C=O) groups is 2. The Morgan fingerprint density at radius 2 is 1.89 bits per heavy atom. The van der Waals surface area contributed by atoms with E-state index in [-0.39, 0.29) is 23.4 Å². The molecule has 0 aliphatic heterocycles. The number of nitriles is 1. The van der Waals surface area contributed by atoms with Crippen molar-refractivity contribution in [1.29, 1.82) is 5.26 Å². The van der Waals surface area contributed by atoms with E-state index < -0.39 is 11.9 Å². The fraction of sp³-hybridized carbons (Fsp3) is 0.0952. The highest BCUT2D eigenvalue weighted by Crippen LogP contribution is 2.28. The molecule has 1 heterocycles. The van der Waals surface area contributed by atoms with E-state index >= 15 is 0 Å². The number of benzene rings is 2. The van der Waals surface area contributed by atoms with Crippen LogP contribution in [0.15, 0.2) is 54.7 Å². The molecule has 28 heavy (non-hydrogen) atoms. The fourth-order valence-corrected chi connectivity index (χ4v) is 2.94. The largest absolute Gasteiger partial charge is 0.481 e. The molecule has 3 rings (SSSR count). The normalized spacial score (nSPS) is 10.3. The minimum Gasteiger partial charge on any atom is -0.481 e. The summed E-state index contributed by atoms with van der Waals surface area (Å²) in [5, 5.41) is 18.1. The number of rotatable bonds is 5. The van der Waals surface area contributed by atoms with Crippen molar-refractivity contribution in [2.45, 2.75) is 6.42 Å². The van der Waals surface area contributed by atoms with E-state index in [1.54, 1.807) is 18.2 Å². The van der Waals surface area contributed by atoms with Gasteiger partial charge in [-0.15, -0.1) is 0 Å². The van der Waals surface area contributed by atoms with Gasteiger partial charge in [0.1, 0.15) is 6.07 Å². The van der Waals surface area contributed by atoms with Gasteiger partial charge in [0.2, 0.25) is 0 Å². The van der Waals surface area contributed by atoms with E-state index in [9.17, 15) is 14.9 Å². The summed E-state index contributed by atoms with van der Waals surface area (Å²) in [7, 11) is 1.25. The maximum atomic E-state index is 12.2. The first-order valence-electron chi connectivity index (χ1n) is 8.35. The Kier molecular flexibility index (Phi) is 5.14. The molecule has 7 nitrogen and oxygen atoms in total. The number of aromatic nitrogens is 1. The first-order valence-corrected chi connectivity index (χ1v) is 8.35. The predicted molar refractivity (Wildman–Crippen MR) is 103 cm³/mol. The van der Waals surface area contributed by atoms with Crippen LogP contribution >= 0.6 is 0 Å². The van der Waals surface area contributed by atoms with Crippen LogP contribution in [0.5, 0.6) is 0 Å². The zero-order valence-corrected chi connectivity index (χ0v) is 15.0. The Bertz CT molecular complexity index is 1090. The zero-order valence-electron chi connectivity index (χ0n) is 15.0. The minimum absolute atomic E-state index is 0.0393. The molecule has 0 bridgehead atoms. The second-order valence-electron chi connectivity index (χ2n) is 6.10. The monoisotopic (exact) mass is 375 g/mol. The van der Waals surface area contributed by atoms with E-state index in [2.05, 4.69) is 0 Å². The Morgan fingerprint density at radius 1 is 1.18 bits per heavy atom. The average Bonchev–Trinajstić information content (AvgIpc) is 3.04. The summed E-state index contributed by atoms with van der Waals surface area (Å²) in [6, 6.07) is 16.5. The number of nitrogens with zero attached hydrogens (tertiary/aromatic N) is 2. The first-order chi connectivity index (χ1) is 13.4.